The summed E-state index contributed by atoms with van der Waals surface area (Å²) >= 11 is 0. The van der Waals surface area contributed by atoms with Gasteiger partial charge in [-0.3, -0.25) is 0 Å². The average molecular weight is 308 g/mol. The summed E-state index contributed by atoms with van der Waals surface area (Å²) in [4.78, 5) is 39.4. The van der Waals surface area contributed by atoms with Gasteiger partial charge in [0.05, 0.1) is 0 Å². The van der Waals surface area contributed by atoms with E-state index in [0.717, 1.165) is 0 Å². The molecule has 1 N–H and O–H groups in total. The van der Waals surface area contributed by atoms with E-state index in [-0.39, 0.29) is 30.8 Å². The molecule has 0 radical (unpaired) electrons. The molecule has 0 saturated carbocycles. The van der Waals surface area contributed by atoms with Crippen molar-refractivity contribution in [2.24, 2.45) is 0 Å². The third-order valence-corrected chi connectivity index (χ3v) is 2.40. The summed E-state index contributed by atoms with van der Waals surface area (Å²) in [5.41, 5.74) is 0. The lowest BCUT2D eigenvalue weighted by atomic mass is 10.1. The Hall–Kier alpha value is -2.63. The summed E-state index contributed by atoms with van der Waals surface area (Å²) in [5.74, 6) is -0.894. The SMILES string of the molecule is O=c1oc(CO)c(CCC[C@@H](CO[N+](=O)[O-])O[N+](=O)[O-])o1. The maximum absolute atomic E-state index is 10.8. The molecule has 0 amide bonds. The van der Waals surface area contributed by atoms with Gasteiger partial charge in [0.2, 0.25) is 0 Å². The van der Waals surface area contributed by atoms with E-state index in [2.05, 4.69) is 18.5 Å². The van der Waals surface area contributed by atoms with Crippen molar-refractivity contribution in [1.82, 2.24) is 0 Å². The first kappa shape index (κ1) is 16.4. The van der Waals surface area contributed by atoms with Crippen molar-refractivity contribution in [2.45, 2.75) is 32.0 Å². The number of hydrogen-bond donors (Lipinski definition) is 1. The number of aliphatic hydroxyl groups excluding tert-OH is 1. The van der Waals surface area contributed by atoms with Crippen molar-refractivity contribution < 1.29 is 33.8 Å². The fourth-order valence-electron chi connectivity index (χ4n) is 1.57. The van der Waals surface area contributed by atoms with Gasteiger partial charge in [-0.15, -0.1) is 20.2 Å². The van der Waals surface area contributed by atoms with Gasteiger partial charge in [-0.25, -0.2) is 4.79 Å². The van der Waals surface area contributed by atoms with Gasteiger partial charge in [0.1, 0.15) is 19.3 Å². The first-order valence-electron chi connectivity index (χ1n) is 5.73. The van der Waals surface area contributed by atoms with Crippen LogP contribution in [0.5, 0.6) is 0 Å². The third-order valence-electron chi connectivity index (χ3n) is 2.40. The highest BCUT2D eigenvalue weighted by Crippen LogP contribution is 2.13. The van der Waals surface area contributed by atoms with Gasteiger partial charge in [-0.1, -0.05) is 0 Å². The van der Waals surface area contributed by atoms with E-state index in [1.165, 1.54) is 0 Å². The zero-order chi connectivity index (χ0) is 15.8. The molecule has 0 fully saturated rings. The number of rotatable bonds is 10. The topological polar surface area (TPSA) is 168 Å². The molecule has 1 atom stereocenters. The number of aliphatic hydroxyl groups is 1. The monoisotopic (exact) mass is 308 g/mol. The predicted molar refractivity (Wildman–Crippen MR) is 60.9 cm³/mol. The van der Waals surface area contributed by atoms with Crippen molar-refractivity contribution in [3.05, 3.63) is 42.4 Å². The van der Waals surface area contributed by atoms with Crippen LogP contribution in [0.2, 0.25) is 0 Å². The highest BCUT2D eigenvalue weighted by atomic mass is 17.0. The second-order valence-electron chi connectivity index (χ2n) is 3.82. The van der Waals surface area contributed by atoms with E-state index in [0.29, 0.717) is 0 Å². The van der Waals surface area contributed by atoms with E-state index in [4.69, 9.17) is 5.11 Å². The highest BCUT2D eigenvalue weighted by molar-refractivity contribution is 5.01. The summed E-state index contributed by atoms with van der Waals surface area (Å²) in [6.07, 6.45) is -0.733. The molecule has 0 spiro atoms. The quantitative estimate of drug-likeness (QED) is 0.452. The molecule has 21 heavy (non-hydrogen) atoms. The minimum atomic E-state index is -1.14. The first-order chi connectivity index (χ1) is 9.92. The van der Waals surface area contributed by atoms with Crippen LogP contribution in [0.1, 0.15) is 24.4 Å². The van der Waals surface area contributed by atoms with Gasteiger partial charge >= 0.3 is 5.82 Å². The van der Waals surface area contributed by atoms with Gasteiger partial charge in [0, 0.05) is 6.42 Å². The Labute approximate surface area is 116 Å². The molecule has 0 saturated heterocycles. The van der Waals surface area contributed by atoms with Crippen LogP contribution in [0, 0.1) is 20.2 Å². The molecule has 0 unspecified atom stereocenters. The summed E-state index contributed by atoms with van der Waals surface area (Å²) in [7, 11) is 0. The van der Waals surface area contributed by atoms with Crippen molar-refractivity contribution in [3.63, 3.8) is 0 Å². The highest BCUT2D eigenvalue weighted by Gasteiger charge is 2.17. The van der Waals surface area contributed by atoms with Gasteiger partial charge in [-0.05, 0) is 12.8 Å². The molecule has 0 aliphatic heterocycles. The van der Waals surface area contributed by atoms with Crippen LogP contribution < -0.4 is 5.82 Å². The molecule has 12 nitrogen and oxygen atoms in total. The van der Waals surface area contributed by atoms with Crippen LogP contribution in [-0.4, -0.2) is 28.0 Å². The molecule has 1 aromatic heterocycles. The molecular weight excluding hydrogens is 296 g/mol. The smallest absolute Gasteiger partial charge is 0.396 e. The molecule has 12 heteroatoms. The van der Waals surface area contributed by atoms with Crippen molar-refractivity contribution in [1.29, 1.82) is 0 Å². The number of hydrogen-bond acceptors (Lipinski definition) is 10. The van der Waals surface area contributed by atoms with E-state index >= 15 is 0 Å². The van der Waals surface area contributed by atoms with E-state index in [1.807, 2.05) is 0 Å². The van der Waals surface area contributed by atoms with Crippen LogP contribution in [-0.2, 0) is 22.7 Å². The Balaban J connectivity index is 2.49. The van der Waals surface area contributed by atoms with Crippen molar-refractivity contribution >= 4 is 0 Å². The second-order valence-corrected chi connectivity index (χ2v) is 3.82. The molecule has 118 valence electrons. The van der Waals surface area contributed by atoms with E-state index in [9.17, 15) is 25.0 Å². The Kier molecular flexibility index (Phi) is 6.13. The normalized spacial score (nSPS) is 11.9. The minimum absolute atomic E-state index is 0.0340. The average Bonchev–Trinajstić information content (AvgIpc) is 2.75. The third kappa shape index (κ3) is 5.90. The second kappa shape index (κ2) is 7.84. The molecule has 0 aromatic carbocycles. The summed E-state index contributed by atoms with van der Waals surface area (Å²) < 4.78 is 9.21. The van der Waals surface area contributed by atoms with Crippen molar-refractivity contribution in [2.75, 3.05) is 6.61 Å². The maximum atomic E-state index is 10.8. The Bertz CT molecular complexity index is 535. The fraction of sp³-hybridized carbons (Fsp3) is 0.667. The van der Waals surface area contributed by atoms with Gasteiger partial charge in [0.15, 0.2) is 11.5 Å². The lowest BCUT2D eigenvalue weighted by molar-refractivity contribution is -0.790. The predicted octanol–water partition coefficient (Wildman–Crippen LogP) is -0.167. The first-order valence-corrected chi connectivity index (χ1v) is 5.73. The Morgan fingerprint density at radius 2 is 1.86 bits per heavy atom. The van der Waals surface area contributed by atoms with Crippen LogP contribution in [0.25, 0.3) is 0 Å². The Morgan fingerprint density at radius 3 is 2.43 bits per heavy atom. The van der Waals surface area contributed by atoms with Crippen LogP contribution in [0.4, 0.5) is 0 Å². The molecule has 0 aliphatic carbocycles. The lowest BCUT2D eigenvalue weighted by Gasteiger charge is -2.12. The maximum Gasteiger partial charge on any atom is 0.519 e. The Morgan fingerprint density at radius 1 is 1.19 bits per heavy atom. The van der Waals surface area contributed by atoms with Crippen LogP contribution >= 0.6 is 0 Å². The van der Waals surface area contributed by atoms with Gasteiger partial charge < -0.3 is 23.6 Å². The van der Waals surface area contributed by atoms with E-state index < -0.39 is 35.3 Å². The summed E-state index contributed by atoms with van der Waals surface area (Å²) in [6.45, 7) is -1.13. The molecular formula is C9H12N2O10. The zero-order valence-corrected chi connectivity index (χ0v) is 10.6. The largest absolute Gasteiger partial charge is 0.519 e. The minimum Gasteiger partial charge on any atom is -0.396 e. The van der Waals surface area contributed by atoms with Crippen molar-refractivity contribution in [3.8, 4) is 0 Å². The molecule has 0 bridgehead atoms. The fourth-order valence-corrected chi connectivity index (χ4v) is 1.57. The lowest BCUT2D eigenvalue weighted by Crippen LogP contribution is -2.24. The summed E-state index contributed by atoms with van der Waals surface area (Å²) in [5, 5.41) is 27.0. The molecule has 1 aromatic rings. The summed E-state index contributed by atoms with van der Waals surface area (Å²) in [6, 6.07) is 0. The molecule has 1 rings (SSSR count). The van der Waals surface area contributed by atoms with Crippen LogP contribution in [0.15, 0.2) is 13.6 Å². The van der Waals surface area contributed by atoms with E-state index in [1.54, 1.807) is 0 Å². The zero-order valence-electron chi connectivity index (χ0n) is 10.6. The van der Waals surface area contributed by atoms with Gasteiger partial charge in [-0.2, -0.15) is 0 Å². The number of nitrogens with zero attached hydrogens (tertiary/aromatic N) is 2. The van der Waals surface area contributed by atoms with Crippen LogP contribution in [0.3, 0.4) is 0 Å². The standard InChI is InChI=1S/C9H12N2O10/c12-4-8-7(19-9(13)20-8)3-1-2-6(21-11(16)17)5-18-10(14)15/h6,12H,1-5H2/t6-/m0/s1. The molecule has 0 aliphatic rings. The number of aryl methyl sites for hydroxylation is 1. The van der Waals surface area contributed by atoms with Gasteiger partial charge in [0.25, 0.3) is 10.2 Å². The molecule has 1 heterocycles.